The van der Waals surface area contributed by atoms with Crippen molar-refractivity contribution in [3.63, 3.8) is 0 Å². The average molecular weight is 371 g/mol. The normalized spacial score (nSPS) is 10.3. The lowest BCUT2D eigenvalue weighted by Crippen LogP contribution is -2.30. The standard InChI is InChI=1S/C20H25N3O4/c1-26-13-4-14-27-16-9-7-15(8-10-16)19(24)23-18-6-3-2-5-17(18)20(25)22-12-11-21/h2-3,5-10H,4,11-14,21H2,1H3,(H,22,25)(H,23,24). The number of benzene rings is 2. The maximum Gasteiger partial charge on any atom is 0.255 e. The summed E-state index contributed by atoms with van der Waals surface area (Å²) in [4.78, 5) is 24.7. The highest BCUT2D eigenvalue weighted by atomic mass is 16.5. The van der Waals surface area contributed by atoms with E-state index in [9.17, 15) is 9.59 Å². The molecule has 0 saturated carbocycles. The second-order valence-corrected chi connectivity index (χ2v) is 5.76. The third-order valence-corrected chi connectivity index (χ3v) is 3.73. The van der Waals surface area contributed by atoms with Gasteiger partial charge in [-0.25, -0.2) is 0 Å². The van der Waals surface area contributed by atoms with E-state index in [2.05, 4.69) is 10.6 Å². The predicted octanol–water partition coefficient (Wildman–Crippen LogP) is 2.04. The van der Waals surface area contributed by atoms with Gasteiger partial charge in [-0.05, 0) is 36.4 Å². The lowest BCUT2D eigenvalue weighted by Gasteiger charge is -2.11. The van der Waals surface area contributed by atoms with Crippen LogP contribution in [0, 0.1) is 0 Å². The third-order valence-electron chi connectivity index (χ3n) is 3.73. The van der Waals surface area contributed by atoms with Gasteiger partial charge in [-0.2, -0.15) is 0 Å². The van der Waals surface area contributed by atoms with E-state index in [0.717, 1.165) is 6.42 Å². The minimum Gasteiger partial charge on any atom is -0.494 e. The second-order valence-electron chi connectivity index (χ2n) is 5.76. The molecular formula is C20H25N3O4. The predicted molar refractivity (Wildman–Crippen MR) is 104 cm³/mol. The number of ether oxygens (including phenoxy) is 2. The lowest BCUT2D eigenvalue weighted by molar-refractivity contribution is 0.0955. The molecule has 0 unspecified atom stereocenters. The molecule has 0 fully saturated rings. The number of amides is 2. The molecule has 0 aliphatic carbocycles. The first-order chi connectivity index (χ1) is 13.2. The molecule has 0 heterocycles. The van der Waals surface area contributed by atoms with Crippen LogP contribution in [0.4, 0.5) is 5.69 Å². The molecule has 144 valence electrons. The van der Waals surface area contributed by atoms with Crippen molar-refractivity contribution in [2.24, 2.45) is 5.73 Å². The maximum atomic E-state index is 12.5. The molecule has 2 aromatic rings. The van der Waals surface area contributed by atoms with E-state index in [-0.39, 0.29) is 11.8 Å². The molecule has 27 heavy (non-hydrogen) atoms. The van der Waals surface area contributed by atoms with Crippen LogP contribution < -0.4 is 21.1 Å². The number of carbonyl (C=O) groups is 2. The van der Waals surface area contributed by atoms with E-state index in [1.807, 2.05) is 0 Å². The van der Waals surface area contributed by atoms with Crippen molar-refractivity contribution in [1.29, 1.82) is 0 Å². The molecular weight excluding hydrogens is 346 g/mol. The lowest BCUT2D eigenvalue weighted by atomic mass is 10.1. The topological polar surface area (TPSA) is 103 Å². The van der Waals surface area contributed by atoms with E-state index >= 15 is 0 Å². The number of anilines is 1. The monoisotopic (exact) mass is 371 g/mol. The van der Waals surface area contributed by atoms with Crippen LogP contribution in [-0.2, 0) is 4.74 Å². The molecule has 0 aliphatic rings. The van der Waals surface area contributed by atoms with Gasteiger partial charge in [0.25, 0.3) is 11.8 Å². The Labute approximate surface area is 158 Å². The van der Waals surface area contributed by atoms with Crippen molar-refractivity contribution in [2.45, 2.75) is 6.42 Å². The summed E-state index contributed by atoms with van der Waals surface area (Å²) in [6, 6.07) is 13.7. The quantitative estimate of drug-likeness (QED) is 0.555. The molecule has 0 aliphatic heterocycles. The fourth-order valence-electron chi connectivity index (χ4n) is 2.36. The number of methoxy groups -OCH3 is 1. The summed E-state index contributed by atoms with van der Waals surface area (Å²) in [7, 11) is 1.65. The summed E-state index contributed by atoms with van der Waals surface area (Å²) in [6.45, 7) is 1.90. The van der Waals surface area contributed by atoms with Gasteiger partial charge in [0, 0.05) is 38.8 Å². The molecule has 7 nitrogen and oxygen atoms in total. The van der Waals surface area contributed by atoms with Crippen molar-refractivity contribution in [3.8, 4) is 5.75 Å². The van der Waals surface area contributed by atoms with Crippen molar-refractivity contribution in [2.75, 3.05) is 38.7 Å². The Balaban J connectivity index is 2.00. The van der Waals surface area contributed by atoms with Crippen molar-refractivity contribution < 1.29 is 19.1 Å². The van der Waals surface area contributed by atoms with Crippen LogP contribution in [0.15, 0.2) is 48.5 Å². The fourth-order valence-corrected chi connectivity index (χ4v) is 2.36. The van der Waals surface area contributed by atoms with Gasteiger partial charge in [0.05, 0.1) is 17.9 Å². The van der Waals surface area contributed by atoms with Gasteiger partial charge in [-0.1, -0.05) is 12.1 Å². The highest BCUT2D eigenvalue weighted by Gasteiger charge is 2.13. The molecule has 0 spiro atoms. The van der Waals surface area contributed by atoms with Gasteiger partial charge in [0.15, 0.2) is 0 Å². The second kappa shape index (κ2) is 10.9. The summed E-state index contributed by atoms with van der Waals surface area (Å²) in [5.74, 6) is 0.0976. The fraction of sp³-hybridized carbons (Fsp3) is 0.300. The van der Waals surface area contributed by atoms with Crippen LogP contribution in [0.3, 0.4) is 0 Å². The summed E-state index contributed by atoms with van der Waals surface area (Å²) in [6.07, 6.45) is 0.793. The third kappa shape index (κ3) is 6.40. The molecule has 0 saturated heterocycles. The van der Waals surface area contributed by atoms with Gasteiger partial charge in [-0.3, -0.25) is 9.59 Å². The van der Waals surface area contributed by atoms with E-state index in [1.54, 1.807) is 55.6 Å². The average Bonchev–Trinajstić information content (AvgIpc) is 2.70. The highest BCUT2D eigenvalue weighted by molar-refractivity contribution is 6.09. The smallest absolute Gasteiger partial charge is 0.255 e. The van der Waals surface area contributed by atoms with Crippen LogP contribution in [0.25, 0.3) is 0 Å². The van der Waals surface area contributed by atoms with Crippen molar-refractivity contribution in [3.05, 3.63) is 59.7 Å². The Morgan fingerprint density at radius 1 is 1.00 bits per heavy atom. The minimum absolute atomic E-state index is 0.281. The van der Waals surface area contributed by atoms with E-state index in [1.165, 1.54) is 0 Å². The zero-order valence-corrected chi connectivity index (χ0v) is 15.4. The molecule has 0 atom stereocenters. The van der Waals surface area contributed by atoms with Crippen molar-refractivity contribution in [1.82, 2.24) is 5.32 Å². The first-order valence-electron chi connectivity index (χ1n) is 8.76. The van der Waals surface area contributed by atoms with Gasteiger partial charge < -0.3 is 25.8 Å². The summed E-state index contributed by atoms with van der Waals surface area (Å²) in [5, 5.41) is 5.47. The van der Waals surface area contributed by atoms with Gasteiger partial charge in [-0.15, -0.1) is 0 Å². The number of nitrogens with two attached hydrogens (primary N) is 1. The Hall–Kier alpha value is -2.90. The first kappa shape index (κ1) is 20.4. The molecule has 2 aromatic carbocycles. The first-order valence-corrected chi connectivity index (χ1v) is 8.76. The zero-order chi connectivity index (χ0) is 19.5. The van der Waals surface area contributed by atoms with Gasteiger partial charge in [0.2, 0.25) is 0 Å². The van der Waals surface area contributed by atoms with E-state index in [4.69, 9.17) is 15.2 Å². The summed E-state index contributed by atoms with van der Waals surface area (Å²) in [5.41, 5.74) is 6.70. The largest absolute Gasteiger partial charge is 0.494 e. The van der Waals surface area contributed by atoms with Crippen LogP contribution in [0.1, 0.15) is 27.1 Å². The van der Waals surface area contributed by atoms with Gasteiger partial charge >= 0.3 is 0 Å². The van der Waals surface area contributed by atoms with E-state index < -0.39 is 0 Å². The van der Waals surface area contributed by atoms with E-state index in [0.29, 0.717) is 48.9 Å². The minimum atomic E-state index is -0.306. The number of carbonyl (C=O) groups excluding carboxylic acids is 2. The number of para-hydroxylation sites is 1. The summed E-state index contributed by atoms with van der Waals surface area (Å²) < 4.78 is 10.5. The molecule has 0 radical (unpaired) electrons. The Bertz CT molecular complexity index is 747. The zero-order valence-electron chi connectivity index (χ0n) is 15.4. The van der Waals surface area contributed by atoms with Gasteiger partial charge in [0.1, 0.15) is 5.75 Å². The van der Waals surface area contributed by atoms with Crippen molar-refractivity contribution >= 4 is 17.5 Å². The number of hydrogen-bond acceptors (Lipinski definition) is 5. The number of hydrogen-bond donors (Lipinski definition) is 3. The molecule has 7 heteroatoms. The Morgan fingerprint density at radius 3 is 2.44 bits per heavy atom. The number of rotatable bonds is 10. The highest BCUT2D eigenvalue weighted by Crippen LogP contribution is 2.18. The van der Waals surface area contributed by atoms with Crippen LogP contribution in [0.5, 0.6) is 5.75 Å². The van der Waals surface area contributed by atoms with Crippen LogP contribution in [-0.4, -0.2) is 45.2 Å². The Kier molecular flexibility index (Phi) is 8.28. The Morgan fingerprint density at radius 2 is 1.74 bits per heavy atom. The van der Waals surface area contributed by atoms with Crippen LogP contribution in [0.2, 0.25) is 0 Å². The SMILES string of the molecule is COCCCOc1ccc(C(=O)Nc2ccccc2C(=O)NCCN)cc1. The molecule has 0 aromatic heterocycles. The maximum absolute atomic E-state index is 12.5. The molecule has 2 amide bonds. The molecule has 4 N–H and O–H groups in total. The number of nitrogens with one attached hydrogen (secondary N) is 2. The molecule has 0 bridgehead atoms. The van der Waals surface area contributed by atoms with Crippen LogP contribution >= 0.6 is 0 Å². The summed E-state index contributed by atoms with van der Waals surface area (Å²) >= 11 is 0. The molecule has 2 rings (SSSR count).